The van der Waals surface area contributed by atoms with Gasteiger partial charge < -0.3 is 4.52 Å². The molecule has 1 fully saturated rings. The highest BCUT2D eigenvalue weighted by Gasteiger charge is 2.44. The van der Waals surface area contributed by atoms with E-state index in [0.717, 1.165) is 16.2 Å². The molecule has 1 aromatic carbocycles. The maximum Gasteiger partial charge on any atom is 0.334 e. The van der Waals surface area contributed by atoms with E-state index in [4.69, 9.17) is 16.1 Å². The minimum Gasteiger partial charge on any atom is -0.337 e. The number of carbonyl (C=O) groups is 3. The van der Waals surface area contributed by atoms with Gasteiger partial charge in [0, 0.05) is 17.1 Å². The molecule has 0 unspecified atom stereocenters. The lowest BCUT2D eigenvalue weighted by Gasteiger charge is -2.13. The maximum atomic E-state index is 12.3. The van der Waals surface area contributed by atoms with Crippen molar-refractivity contribution in [3.05, 3.63) is 35.2 Å². The largest absolute Gasteiger partial charge is 0.337 e. The van der Waals surface area contributed by atoms with Crippen molar-refractivity contribution in [1.29, 1.82) is 0 Å². The Morgan fingerprint density at radius 1 is 1.16 bits per heavy atom. The average molecular weight is 363 g/mol. The number of imide groups is 2. The van der Waals surface area contributed by atoms with E-state index in [-0.39, 0.29) is 24.8 Å². The third-order valence-electron chi connectivity index (χ3n) is 3.71. The second-order valence-electron chi connectivity index (χ2n) is 5.51. The van der Waals surface area contributed by atoms with E-state index in [1.165, 1.54) is 0 Å². The van der Waals surface area contributed by atoms with Gasteiger partial charge in [-0.3, -0.25) is 14.5 Å². The zero-order valence-corrected chi connectivity index (χ0v) is 14.2. The van der Waals surface area contributed by atoms with Gasteiger partial charge in [0.1, 0.15) is 6.54 Å². The molecule has 2 heterocycles. The molecule has 130 valence electrons. The smallest absolute Gasteiger partial charge is 0.334 e. The summed E-state index contributed by atoms with van der Waals surface area (Å²) in [5.41, 5.74) is 0.641. The van der Waals surface area contributed by atoms with Gasteiger partial charge in [0.2, 0.25) is 11.7 Å². The third-order valence-corrected chi connectivity index (χ3v) is 3.95. The van der Waals surface area contributed by atoms with Crippen LogP contribution in [0.5, 0.6) is 0 Å². The van der Waals surface area contributed by atoms with Crippen LogP contribution in [0, 0.1) is 0 Å². The molecule has 0 radical (unpaired) electrons. The summed E-state index contributed by atoms with van der Waals surface area (Å²) in [6.45, 7) is 1.90. The summed E-state index contributed by atoms with van der Waals surface area (Å²) in [7, 11) is 0. The van der Waals surface area contributed by atoms with Gasteiger partial charge in [-0.25, -0.2) is 9.69 Å². The van der Waals surface area contributed by atoms with Gasteiger partial charge in [0.25, 0.3) is 0 Å². The summed E-state index contributed by atoms with van der Waals surface area (Å²) < 4.78 is 5.09. The van der Waals surface area contributed by atoms with Crippen molar-refractivity contribution in [2.24, 2.45) is 0 Å². The minimum absolute atomic E-state index is 0.0572. The molecule has 0 aliphatic carbocycles. The lowest BCUT2D eigenvalue weighted by molar-refractivity contribution is -0.143. The van der Waals surface area contributed by atoms with Gasteiger partial charge in [-0.1, -0.05) is 42.2 Å². The number of unbranched alkanes of at least 4 members (excludes halogenated alkanes) is 1. The first-order valence-electron chi connectivity index (χ1n) is 7.77. The van der Waals surface area contributed by atoms with Gasteiger partial charge in [-0.05, 0) is 18.6 Å². The topological polar surface area (TPSA) is 96.6 Å². The Hall–Kier alpha value is -2.74. The van der Waals surface area contributed by atoms with Crippen LogP contribution in [0.25, 0.3) is 11.4 Å². The third kappa shape index (κ3) is 3.39. The van der Waals surface area contributed by atoms with E-state index in [1.54, 1.807) is 24.3 Å². The first kappa shape index (κ1) is 17.1. The highest BCUT2D eigenvalue weighted by molar-refractivity contribution is 6.44. The van der Waals surface area contributed by atoms with Crippen molar-refractivity contribution in [3.8, 4) is 11.4 Å². The molecule has 1 aliphatic rings. The number of urea groups is 1. The van der Waals surface area contributed by atoms with E-state index in [1.807, 2.05) is 6.92 Å². The van der Waals surface area contributed by atoms with Crippen LogP contribution in [0.4, 0.5) is 4.79 Å². The molecule has 0 spiro atoms. The Morgan fingerprint density at radius 3 is 2.64 bits per heavy atom. The summed E-state index contributed by atoms with van der Waals surface area (Å²) in [4.78, 5) is 42.1. The van der Waals surface area contributed by atoms with Crippen molar-refractivity contribution >= 4 is 29.4 Å². The lowest BCUT2D eigenvalue weighted by atomic mass is 10.2. The van der Waals surface area contributed by atoms with E-state index in [0.29, 0.717) is 17.0 Å². The predicted molar refractivity (Wildman–Crippen MR) is 87.3 cm³/mol. The van der Waals surface area contributed by atoms with Crippen LogP contribution in [-0.2, 0) is 16.1 Å². The van der Waals surface area contributed by atoms with Gasteiger partial charge >= 0.3 is 17.8 Å². The minimum atomic E-state index is -0.886. The molecule has 0 N–H and O–H groups in total. The molecule has 1 saturated heterocycles. The fourth-order valence-corrected chi connectivity index (χ4v) is 2.59. The quantitative estimate of drug-likeness (QED) is 0.578. The number of hydrogen-bond acceptors (Lipinski definition) is 6. The Labute approximate surface area is 148 Å². The normalized spacial score (nSPS) is 14.7. The molecule has 8 nitrogen and oxygen atoms in total. The molecule has 25 heavy (non-hydrogen) atoms. The van der Waals surface area contributed by atoms with Crippen LogP contribution < -0.4 is 0 Å². The fourth-order valence-electron chi connectivity index (χ4n) is 2.40. The molecule has 0 saturated carbocycles. The monoisotopic (exact) mass is 362 g/mol. The lowest BCUT2D eigenvalue weighted by Crippen LogP contribution is -2.33. The van der Waals surface area contributed by atoms with Gasteiger partial charge in [0.05, 0.1) is 0 Å². The molecular weight excluding hydrogens is 348 g/mol. The first-order chi connectivity index (χ1) is 12.0. The summed E-state index contributed by atoms with van der Waals surface area (Å²) in [6, 6.07) is 6.21. The van der Waals surface area contributed by atoms with Crippen LogP contribution in [0.15, 0.2) is 28.8 Å². The van der Waals surface area contributed by atoms with Crippen LogP contribution in [-0.4, -0.2) is 44.3 Å². The SMILES string of the molecule is CCCCN1C(=O)C(=O)N(Cc2nc(-c3cccc(Cl)c3)no2)C1=O. The molecular formula is C16H15ClN4O4. The molecule has 1 aliphatic heterocycles. The summed E-state index contributed by atoms with van der Waals surface area (Å²) >= 11 is 5.92. The van der Waals surface area contributed by atoms with Gasteiger partial charge in [-0.15, -0.1) is 0 Å². The fraction of sp³-hybridized carbons (Fsp3) is 0.312. The number of aromatic nitrogens is 2. The molecule has 1 aromatic heterocycles. The molecule has 4 amide bonds. The molecule has 3 rings (SSSR count). The van der Waals surface area contributed by atoms with Crippen molar-refractivity contribution < 1.29 is 18.9 Å². The average Bonchev–Trinajstić information content (AvgIpc) is 3.14. The first-order valence-corrected chi connectivity index (χ1v) is 8.15. The zero-order valence-electron chi connectivity index (χ0n) is 13.4. The molecule has 0 atom stereocenters. The predicted octanol–water partition coefficient (Wildman–Crippen LogP) is 2.48. The van der Waals surface area contributed by atoms with Crippen LogP contribution in [0.3, 0.4) is 0 Å². The van der Waals surface area contributed by atoms with Crippen LogP contribution in [0.1, 0.15) is 25.7 Å². The van der Waals surface area contributed by atoms with Crippen molar-refractivity contribution in [3.63, 3.8) is 0 Å². The van der Waals surface area contributed by atoms with Gasteiger partial charge in [-0.2, -0.15) is 4.98 Å². The number of nitrogens with zero attached hydrogens (tertiary/aromatic N) is 4. The van der Waals surface area contributed by atoms with Crippen molar-refractivity contribution in [2.45, 2.75) is 26.3 Å². The van der Waals surface area contributed by atoms with Crippen LogP contribution >= 0.6 is 11.6 Å². The number of benzene rings is 1. The van der Waals surface area contributed by atoms with E-state index >= 15 is 0 Å². The highest BCUT2D eigenvalue weighted by Crippen LogP contribution is 2.21. The number of halogens is 1. The number of amides is 4. The Bertz CT molecular complexity index is 835. The zero-order chi connectivity index (χ0) is 18.0. The number of carbonyl (C=O) groups excluding carboxylic acids is 3. The van der Waals surface area contributed by atoms with Gasteiger partial charge in [0.15, 0.2) is 0 Å². The van der Waals surface area contributed by atoms with Crippen molar-refractivity contribution in [2.75, 3.05) is 6.54 Å². The van der Waals surface area contributed by atoms with E-state index in [9.17, 15) is 14.4 Å². The second-order valence-corrected chi connectivity index (χ2v) is 5.94. The second kappa shape index (κ2) is 7.02. The highest BCUT2D eigenvalue weighted by atomic mass is 35.5. The molecule has 9 heteroatoms. The number of rotatable bonds is 6. The van der Waals surface area contributed by atoms with E-state index in [2.05, 4.69) is 10.1 Å². The Kier molecular flexibility index (Phi) is 4.80. The molecule has 2 aromatic rings. The Morgan fingerprint density at radius 2 is 1.92 bits per heavy atom. The van der Waals surface area contributed by atoms with E-state index < -0.39 is 17.8 Å². The summed E-state index contributed by atoms with van der Waals surface area (Å²) in [5, 5.41) is 4.33. The summed E-state index contributed by atoms with van der Waals surface area (Å²) in [5.74, 6) is -1.37. The summed E-state index contributed by atoms with van der Waals surface area (Å²) in [6.07, 6.45) is 1.44. The van der Waals surface area contributed by atoms with Crippen LogP contribution in [0.2, 0.25) is 5.02 Å². The van der Waals surface area contributed by atoms with Crippen molar-refractivity contribution in [1.82, 2.24) is 19.9 Å². The standard InChI is InChI=1S/C16H15ClN4O4/c1-2-3-7-20-14(22)15(23)21(16(20)24)9-12-18-13(19-25-12)10-5-4-6-11(17)8-10/h4-6,8H,2-3,7,9H2,1H3. The Balaban J connectivity index is 1.75. The molecule has 0 bridgehead atoms. The maximum absolute atomic E-state index is 12.3. The number of hydrogen-bond donors (Lipinski definition) is 0.